The molecule has 3 heterocycles. The predicted octanol–water partition coefficient (Wildman–Crippen LogP) is 3.56. The maximum absolute atomic E-state index is 14.5. The summed E-state index contributed by atoms with van der Waals surface area (Å²) >= 11 is 1.60. The van der Waals surface area contributed by atoms with Crippen molar-refractivity contribution < 1.29 is 13.9 Å². The summed E-state index contributed by atoms with van der Waals surface area (Å²) in [6.07, 6.45) is 5.14. The van der Waals surface area contributed by atoms with Crippen LogP contribution in [0.5, 0.6) is 11.5 Å². The molecule has 0 aliphatic carbocycles. The van der Waals surface area contributed by atoms with Crippen molar-refractivity contribution in [3.63, 3.8) is 0 Å². The number of hydrogen-bond acceptors (Lipinski definition) is 7. The molecule has 6 nitrogen and oxygen atoms in total. The Morgan fingerprint density at radius 1 is 1.30 bits per heavy atom. The summed E-state index contributed by atoms with van der Waals surface area (Å²) in [5.74, 6) is 1.54. The van der Waals surface area contributed by atoms with E-state index in [2.05, 4.69) is 15.3 Å². The monoisotopic (exact) mass is 386 g/mol. The van der Waals surface area contributed by atoms with Crippen molar-refractivity contribution in [2.24, 2.45) is 0 Å². The fourth-order valence-corrected chi connectivity index (χ4v) is 3.87. The van der Waals surface area contributed by atoms with Crippen molar-refractivity contribution in [1.29, 1.82) is 0 Å². The molecular weight excluding hydrogens is 367 g/mol. The molecule has 4 rings (SSSR count). The van der Waals surface area contributed by atoms with Gasteiger partial charge in [0.25, 0.3) is 0 Å². The second kappa shape index (κ2) is 7.48. The van der Waals surface area contributed by atoms with Crippen LogP contribution in [0.2, 0.25) is 0 Å². The van der Waals surface area contributed by atoms with Crippen molar-refractivity contribution in [2.75, 3.05) is 32.2 Å². The van der Waals surface area contributed by atoms with Crippen LogP contribution >= 0.6 is 11.8 Å². The van der Waals surface area contributed by atoms with Crippen LogP contribution in [-0.2, 0) is 0 Å². The number of benzene rings is 1. The number of anilines is 2. The number of nitrogens with one attached hydrogen (secondary N) is 1. The highest BCUT2D eigenvalue weighted by molar-refractivity contribution is 8.06. The Balaban J connectivity index is 1.67. The van der Waals surface area contributed by atoms with E-state index in [0.29, 0.717) is 30.5 Å². The fraction of sp³-hybridized carbons (Fsp3) is 0.263. The zero-order valence-electron chi connectivity index (χ0n) is 15.0. The molecule has 1 aromatic carbocycles. The van der Waals surface area contributed by atoms with Gasteiger partial charge < -0.3 is 19.7 Å². The minimum atomic E-state index is -0.482. The van der Waals surface area contributed by atoms with Crippen LogP contribution in [0.25, 0.3) is 0 Å². The zero-order chi connectivity index (χ0) is 18.8. The first-order valence-corrected chi connectivity index (χ1v) is 9.42. The standard InChI is InChI=1S/C19H19FN4O2S/c1-21-11-17-13(5-8-27-17)18-22-10-14(20)19(23-18)24(2)12-3-4-15-16(9-12)26-7-6-25-15/h3-5,8-11,13,21H,6-7H2,1-2H3. The number of hydrogen-bond donors (Lipinski definition) is 1. The number of nitrogens with zero attached hydrogens (tertiary/aromatic N) is 3. The van der Waals surface area contributed by atoms with E-state index in [-0.39, 0.29) is 11.7 Å². The van der Waals surface area contributed by atoms with Gasteiger partial charge in [-0.1, -0.05) is 6.08 Å². The van der Waals surface area contributed by atoms with Gasteiger partial charge in [0.2, 0.25) is 0 Å². The molecule has 2 aliphatic heterocycles. The average Bonchev–Trinajstić information content (AvgIpc) is 3.16. The van der Waals surface area contributed by atoms with Gasteiger partial charge in [0.05, 0.1) is 12.1 Å². The first-order chi connectivity index (χ1) is 13.2. The third-order valence-corrected chi connectivity index (χ3v) is 5.26. The number of halogens is 1. The minimum absolute atomic E-state index is 0.0875. The normalized spacial score (nSPS) is 19.4. The molecule has 0 amide bonds. The maximum atomic E-state index is 14.5. The Morgan fingerprint density at radius 3 is 2.93 bits per heavy atom. The molecule has 2 aromatic rings. The van der Waals surface area contributed by atoms with Crippen LogP contribution in [0, 0.1) is 5.82 Å². The maximum Gasteiger partial charge on any atom is 0.184 e. The number of aromatic nitrogens is 2. The summed E-state index contributed by atoms with van der Waals surface area (Å²) in [5, 5.41) is 5.02. The SMILES string of the molecule is CNC=C1SC=CC1c1ncc(F)c(N(C)c2ccc3c(c2)OCCO3)n1. The molecule has 0 saturated carbocycles. The van der Waals surface area contributed by atoms with Crippen molar-refractivity contribution >= 4 is 23.3 Å². The van der Waals surface area contributed by atoms with Crippen LogP contribution in [0.15, 0.2) is 47.0 Å². The van der Waals surface area contributed by atoms with Gasteiger partial charge in [-0.2, -0.15) is 0 Å². The van der Waals surface area contributed by atoms with Gasteiger partial charge in [-0.25, -0.2) is 14.4 Å². The summed E-state index contributed by atoms with van der Waals surface area (Å²) in [5.41, 5.74) is 0.755. The number of rotatable bonds is 4. The fourth-order valence-electron chi connectivity index (χ4n) is 2.96. The van der Waals surface area contributed by atoms with E-state index in [0.717, 1.165) is 10.6 Å². The molecule has 0 saturated heterocycles. The Labute approximate surface area is 161 Å². The molecule has 8 heteroatoms. The largest absolute Gasteiger partial charge is 0.486 e. The highest BCUT2D eigenvalue weighted by Gasteiger charge is 2.24. The Kier molecular flexibility index (Phi) is 4.89. The Bertz CT molecular complexity index is 919. The lowest BCUT2D eigenvalue weighted by Crippen LogP contribution is -2.18. The van der Waals surface area contributed by atoms with E-state index in [1.807, 2.05) is 42.9 Å². The lowest BCUT2D eigenvalue weighted by Gasteiger charge is -2.23. The van der Waals surface area contributed by atoms with Crippen LogP contribution in [-0.4, -0.2) is 37.3 Å². The van der Waals surface area contributed by atoms with Gasteiger partial charge in [0.15, 0.2) is 23.1 Å². The first-order valence-electron chi connectivity index (χ1n) is 8.54. The molecule has 2 aliphatic rings. The third-order valence-electron chi connectivity index (χ3n) is 4.32. The molecule has 0 bridgehead atoms. The van der Waals surface area contributed by atoms with E-state index in [1.54, 1.807) is 23.7 Å². The van der Waals surface area contributed by atoms with Gasteiger partial charge in [-0.3, -0.25) is 0 Å². The van der Waals surface area contributed by atoms with E-state index >= 15 is 0 Å². The van der Waals surface area contributed by atoms with Gasteiger partial charge in [0, 0.05) is 37.0 Å². The number of thioether (sulfide) groups is 1. The van der Waals surface area contributed by atoms with Crippen molar-refractivity contribution in [2.45, 2.75) is 5.92 Å². The lowest BCUT2D eigenvalue weighted by atomic mass is 10.1. The Morgan fingerprint density at radius 2 is 2.11 bits per heavy atom. The summed E-state index contributed by atoms with van der Waals surface area (Å²) in [6, 6.07) is 5.50. The van der Waals surface area contributed by atoms with Crippen molar-refractivity contribution in [3.05, 3.63) is 58.6 Å². The highest BCUT2D eigenvalue weighted by atomic mass is 32.2. The molecule has 0 spiro atoms. The predicted molar refractivity (Wildman–Crippen MR) is 104 cm³/mol. The summed E-state index contributed by atoms with van der Waals surface area (Å²) in [7, 11) is 3.61. The van der Waals surface area contributed by atoms with Crippen LogP contribution < -0.4 is 19.7 Å². The first kappa shape index (κ1) is 17.7. The van der Waals surface area contributed by atoms with Gasteiger partial charge in [-0.05, 0) is 17.5 Å². The molecule has 1 aromatic heterocycles. The van der Waals surface area contributed by atoms with Crippen molar-refractivity contribution in [1.82, 2.24) is 15.3 Å². The molecule has 1 unspecified atom stereocenters. The third kappa shape index (κ3) is 3.44. The van der Waals surface area contributed by atoms with Crippen LogP contribution in [0.1, 0.15) is 11.7 Å². The highest BCUT2D eigenvalue weighted by Crippen LogP contribution is 2.40. The quantitative estimate of drug-likeness (QED) is 0.862. The molecule has 0 radical (unpaired) electrons. The Hall–Kier alpha value is -2.74. The molecule has 1 N–H and O–H groups in total. The molecule has 1 atom stereocenters. The smallest absolute Gasteiger partial charge is 0.184 e. The van der Waals surface area contributed by atoms with Gasteiger partial charge in [-0.15, -0.1) is 11.8 Å². The van der Waals surface area contributed by atoms with Gasteiger partial charge >= 0.3 is 0 Å². The summed E-state index contributed by atoms with van der Waals surface area (Å²) < 4.78 is 25.7. The van der Waals surface area contributed by atoms with Crippen LogP contribution in [0.4, 0.5) is 15.9 Å². The second-order valence-corrected chi connectivity index (χ2v) is 7.03. The van der Waals surface area contributed by atoms with E-state index in [9.17, 15) is 4.39 Å². The second-order valence-electron chi connectivity index (χ2n) is 6.05. The van der Waals surface area contributed by atoms with Crippen molar-refractivity contribution in [3.8, 4) is 11.5 Å². The topological polar surface area (TPSA) is 59.5 Å². The summed E-state index contributed by atoms with van der Waals surface area (Å²) in [4.78, 5) is 11.5. The molecule has 27 heavy (non-hydrogen) atoms. The number of ether oxygens (including phenoxy) is 2. The van der Waals surface area contributed by atoms with E-state index in [1.165, 1.54) is 6.20 Å². The van der Waals surface area contributed by atoms with E-state index in [4.69, 9.17) is 9.47 Å². The van der Waals surface area contributed by atoms with Crippen LogP contribution in [0.3, 0.4) is 0 Å². The zero-order valence-corrected chi connectivity index (χ0v) is 15.8. The number of allylic oxidation sites excluding steroid dienone is 2. The molecule has 0 fully saturated rings. The molecule has 140 valence electrons. The lowest BCUT2D eigenvalue weighted by molar-refractivity contribution is 0.171. The van der Waals surface area contributed by atoms with E-state index < -0.39 is 5.82 Å². The number of fused-ring (bicyclic) bond motifs is 1. The molecular formula is C19H19FN4O2S. The minimum Gasteiger partial charge on any atom is -0.486 e. The average molecular weight is 386 g/mol. The summed E-state index contributed by atoms with van der Waals surface area (Å²) in [6.45, 7) is 1.03. The van der Waals surface area contributed by atoms with Gasteiger partial charge in [0.1, 0.15) is 19.0 Å².